The number of nitrogens with zero attached hydrogens (tertiary/aromatic N) is 3. The zero-order valence-electron chi connectivity index (χ0n) is 16.9. The molecule has 0 saturated carbocycles. The number of benzene rings is 2. The van der Waals surface area contributed by atoms with E-state index in [-0.39, 0.29) is 23.3 Å². The van der Waals surface area contributed by atoms with Crippen molar-refractivity contribution in [3.05, 3.63) is 68.8 Å². The molecule has 1 aliphatic rings. The number of hydrogen-bond donors (Lipinski definition) is 1. The number of rotatable bonds is 5. The monoisotopic (exact) mass is 484 g/mol. The second kappa shape index (κ2) is 9.19. The van der Waals surface area contributed by atoms with Crippen LogP contribution in [0.5, 0.6) is 5.75 Å². The van der Waals surface area contributed by atoms with Crippen LogP contribution in [0.25, 0.3) is 0 Å². The fourth-order valence-electron chi connectivity index (χ4n) is 3.81. The molecule has 1 N–H and O–H groups in total. The van der Waals surface area contributed by atoms with Crippen LogP contribution in [0.4, 0.5) is 32.0 Å². The van der Waals surface area contributed by atoms with Crippen molar-refractivity contribution in [2.24, 2.45) is 0 Å². The number of nitriles is 2. The van der Waals surface area contributed by atoms with Gasteiger partial charge in [-0.25, -0.2) is 0 Å². The van der Waals surface area contributed by atoms with Crippen molar-refractivity contribution in [2.45, 2.75) is 36.8 Å². The Morgan fingerprint density at radius 1 is 1.09 bits per heavy atom. The van der Waals surface area contributed by atoms with E-state index in [1.165, 1.54) is 12.1 Å². The summed E-state index contributed by atoms with van der Waals surface area (Å²) in [6.07, 6.45) is -10.0. The van der Waals surface area contributed by atoms with Crippen molar-refractivity contribution in [3.8, 4) is 17.9 Å². The van der Waals surface area contributed by atoms with Gasteiger partial charge in [0.2, 0.25) is 0 Å². The number of nitro groups is 1. The largest absolute Gasteiger partial charge is 0.485 e. The predicted molar refractivity (Wildman–Crippen MR) is 104 cm³/mol. The standard InChI is InChI=1S/C21H14F6N4O3/c22-20(23,24)16-6-12(2-3-13(16)9-29)15-7-14(30-19(15)21(25,26)27)10-34-18-4-1-11(8-28)5-17(18)31(32)33/h1-6,14-15,19,30H,7,10H2/t14-,15?,19+/m0/s1. The molecule has 0 bridgehead atoms. The Bertz CT molecular complexity index is 1180. The number of alkyl halides is 6. The van der Waals surface area contributed by atoms with Crippen molar-refractivity contribution in [3.63, 3.8) is 0 Å². The molecule has 34 heavy (non-hydrogen) atoms. The van der Waals surface area contributed by atoms with Crippen molar-refractivity contribution >= 4 is 5.69 Å². The molecule has 0 aromatic heterocycles. The van der Waals surface area contributed by atoms with E-state index in [1.54, 1.807) is 6.07 Å². The van der Waals surface area contributed by atoms with Gasteiger partial charge in [0.1, 0.15) is 12.6 Å². The minimum atomic E-state index is -4.93. The Balaban J connectivity index is 1.87. The summed E-state index contributed by atoms with van der Waals surface area (Å²) in [6.45, 7) is -0.446. The highest BCUT2D eigenvalue weighted by Crippen LogP contribution is 2.42. The molecule has 1 heterocycles. The highest BCUT2D eigenvalue weighted by atomic mass is 19.4. The van der Waals surface area contributed by atoms with Crippen LogP contribution >= 0.6 is 0 Å². The number of nitrogens with one attached hydrogen (secondary N) is 1. The van der Waals surface area contributed by atoms with Gasteiger partial charge in [0.15, 0.2) is 5.75 Å². The molecular weight excluding hydrogens is 470 g/mol. The second-order valence-electron chi connectivity index (χ2n) is 7.50. The normalized spacial score (nSPS) is 20.4. The first-order valence-electron chi connectivity index (χ1n) is 9.60. The van der Waals surface area contributed by atoms with Gasteiger partial charge >= 0.3 is 18.0 Å². The molecule has 2 aromatic carbocycles. The zero-order chi connectivity index (χ0) is 25.3. The molecule has 3 rings (SSSR count). The van der Waals surface area contributed by atoms with E-state index in [0.717, 1.165) is 24.3 Å². The Kier molecular flexibility index (Phi) is 6.70. The maximum absolute atomic E-state index is 13.7. The molecule has 0 aliphatic carbocycles. The van der Waals surface area contributed by atoms with E-state index < -0.39 is 58.7 Å². The molecule has 1 saturated heterocycles. The van der Waals surface area contributed by atoms with E-state index >= 15 is 0 Å². The Hall–Kier alpha value is -3.84. The van der Waals surface area contributed by atoms with Crippen LogP contribution in [0.3, 0.4) is 0 Å². The topological polar surface area (TPSA) is 112 Å². The molecule has 2 aromatic rings. The lowest BCUT2D eigenvalue weighted by Crippen LogP contribution is -2.44. The highest BCUT2D eigenvalue weighted by molar-refractivity contribution is 5.51. The van der Waals surface area contributed by atoms with E-state index in [0.29, 0.717) is 6.07 Å². The molecular formula is C21H14F6N4O3. The molecule has 0 radical (unpaired) electrons. The third kappa shape index (κ3) is 5.21. The van der Waals surface area contributed by atoms with Gasteiger partial charge in [-0.15, -0.1) is 0 Å². The number of hydrogen-bond acceptors (Lipinski definition) is 6. The lowest BCUT2D eigenvalue weighted by molar-refractivity contribution is -0.385. The molecule has 0 spiro atoms. The van der Waals surface area contributed by atoms with Gasteiger partial charge < -0.3 is 4.74 Å². The molecule has 1 fully saturated rings. The summed E-state index contributed by atoms with van der Waals surface area (Å²) >= 11 is 0. The minimum absolute atomic E-state index is 0.0171. The summed E-state index contributed by atoms with van der Waals surface area (Å²) in [5, 5.41) is 31.3. The van der Waals surface area contributed by atoms with Crippen LogP contribution in [0.1, 0.15) is 34.6 Å². The molecule has 13 heteroatoms. The molecule has 3 atom stereocenters. The van der Waals surface area contributed by atoms with Crippen molar-refractivity contribution < 1.29 is 36.0 Å². The van der Waals surface area contributed by atoms with Crippen LogP contribution in [0.2, 0.25) is 0 Å². The number of halogens is 6. The van der Waals surface area contributed by atoms with Crippen LogP contribution in [0, 0.1) is 32.8 Å². The fraction of sp³-hybridized carbons (Fsp3) is 0.333. The van der Waals surface area contributed by atoms with Gasteiger partial charge in [-0.2, -0.15) is 36.9 Å². The summed E-state index contributed by atoms with van der Waals surface area (Å²) < 4.78 is 86.2. The fourth-order valence-corrected chi connectivity index (χ4v) is 3.81. The van der Waals surface area contributed by atoms with Crippen LogP contribution < -0.4 is 10.1 Å². The summed E-state index contributed by atoms with van der Waals surface area (Å²) in [4.78, 5) is 10.4. The summed E-state index contributed by atoms with van der Waals surface area (Å²) in [7, 11) is 0. The molecule has 1 aliphatic heterocycles. The Morgan fingerprint density at radius 2 is 1.79 bits per heavy atom. The van der Waals surface area contributed by atoms with Gasteiger partial charge in [0, 0.05) is 18.0 Å². The average molecular weight is 484 g/mol. The van der Waals surface area contributed by atoms with Gasteiger partial charge in [-0.3, -0.25) is 15.4 Å². The van der Waals surface area contributed by atoms with Crippen molar-refractivity contribution in [1.29, 1.82) is 10.5 Å². The maximum atomic E-state index is 13.7. The van der Waals surface area contributed by atoms with Gasteiger partial charge in [0.05, 0.1) is 33.8 Å². The van der Waals surface area contributed by atoms with Gasteiger partial charge in [-0.05, 0) is 36.2 Å². The second-order valence-corrected chi connectivity index (χ2v) is 7.50. The van der Waals surface area contributed by atoms with Gasteiger partial charge in [0.25, 0.3) is 0 Å². The predicted octanol–water partition coefficient (Wildman–Crippen LogP) is 4.81. The number of ether oxygens (including phenoxy) is 1. The SMILES string of the molecule is N#Cc1ccc(OC[C@@H]2CC(c3ccc(C#N)c(C(F)(F)F)c3)[C@H](C(F)(F)F)N2)c([N+](=O)[O-])c1. The summed E-state index contributed by atoms with van der Waals surface area (Å²) in [5.74, 6) is -1.69. The lowest BCUT2D eigenvalue weighted by atomic mass is 9.88. The molecule has 7 nitrogen and oxygen atoms in total. The zero-order valence-corrected chi connectivity index (χ0v) is 16.9. The first kappa shape index (κ1) is 24.8. The Morgan fingerprint density at radius 3 is 2.35 bits per heavy atom. The first-order chi connectivity index (χ1) is 15.8. The average Bonchev–Trinajstić information content (AvgIpc) is 3.21. The minimum Gasteiger partial charge on any atom is -0.485 e. The van der Waals surface area contributed by atoms with Gasteiger partial charge in [-0.1, -0.05) is 6.07 Å². The molecule has 178 valence electrons. The first-order valence-corrected chi connectivity index (χ1v) is 9.60. The van der Waals surface area contributed by atoms with Crippen molar-refractivity contribution in [2.75, 3.05) is 6.61 Å². The Labute approximate surface area is 188 Å². The van der Waals surface area contributed by atoms with E-state index in [1.807, 2.05) is 0 Å². The lowest BCUT2D eigenvalue weighted by Gasteiger charge is -2.23. The van der Waals surface area contributed by atoms with Crippen LogP contribution in [-0.4, -0.2) is 29.8 Å². The third-order valence-corrected chi connectivity index (χ3v) is 5.33. The quantitative estimate of drug-likeness (QED) is 0.370. The van der Waals surface area contributed by atoms with Crippen LogP contribution in [-0.2, 0) is 6.18 Å². The van der Waals surface area contributed by atoms with Crippen molar-refractivity contribution in [1.82, 2.24) is 5.32 Å². The van der Waals surface area contributed by atoms with E-state index in [4.69, 9.17) is 15.3 Å². The highest BCUT2D eigenvalue weighted by Gasteiger charge is 2.51. The van der Waals surface area contributed by atoms with Crippen LogP contribution in [0.15, 0.2) is 36.4 Å². The summed E-state index contributed by atoms with van der Waals surface area (Å²) in [5.41, 5.74) is -2.87. The smallest absolute Gasteiger partial charge is 0.417 e. The van der Waals surface area contributed by atoms with E-state index in [9.17, 15) is 36.5 Å². The molecule has 1 unspecified atom stereocenters. The summed E-state index contributed by atoms with van der Waals surface area (Å²) in [6, 6.07) is 5.64. The number of nitro benzene ring substituents is 1. The maximum Gasteiger partial charge on any atom is 0.417 e. The molecule has 0 amide bonds. The third-order valence-electron chi connectivity index (χ3n) is 5.33. The van der Waals surface area contributed by atoms with E-state index in [2.05, 4.69) is 5.32 Å².